The Hall–Kier alpha value is -0.120. The van der Waals surface area contributed by atoms with Gasteiger partial charge < -0.3 is 10.6 Å². The van der Waals surface area contributed by atoms with Gasteiger partial charge in [-0.25, -0.2) is 0 Å². The van der Waals surface area contributed by atoms with E-state index in [1.165, 1.54) is 64.7 Å². The molecular formula is C14H29N3. The van der Waals surface area contributed by atoms with Gasteiger partial charge in [0.15, 0.2) is 0 Å². The van der Waals surface area contributed by atoms with Crippen LogP contribution in [0.5, 0.6) is 0 Å². The zero-order chi connectivity index (χ0) is 12.1. The van der Waals surface area contributed by atoms with Crippen molar-refractivity contribution < 1.29 is 0 Å². The molecule has 2 N–H and O–H groups in total. The first kappa shape index (κ1) is 13.3. The van der Waals surface area contributed by atoms with Crippen molar-refractivity contribution in [1.82, 2.24) is 9.80 Å². The second kappa shape index (κ2) is 6.72. The van der Waals surface area contributed by atoms with E-state index in [0.717, 1.165) is 12.5 Å². The Morgan fingerprint density at radius 3 is 2.47 bits per heavy atom. The fraction of sp³-hybridized carbons (Fsp3) is 1.00. The van der Waals surface area contributed by atoms with Gasteiger partial charge in [-0.05, 0) is 45.3 Å². The fourth-order valence-electron chi connectivity index (χ4n) is 3.56. The quantitative estimate of drug-likeness (QED) is 0.811. The first-order valence-corrected chi connectivity index (χ1v) is 7.44. The van der Waals surface area contributed by atoms with Crippen LogP contribution in [0, 0.1) is 5.92 Å². The molecule has 0 radical (unpaired) electrons. The average molecular weight is 239 g/mol. The van der Waals surface area contributed by atoms with Crippen molar-refractivity contribution in [3.63, 3.8) is 0 Å². The Labute approximate surface area is 106 Å². The van der Waals surface area contributed by atoms with Gasteiger partial charge in [-0.3, -0.25) is 4.90 Å². The van der Waals surface area contributed by atoms with Crippen LogP contribution in [0.15, 0.2) is 0 Å². The van der Waals surface area contributed by atoms with Crippen molar-refractivity contribution in [2.45, 2.75) is 44.6 Å². The minimum absolute atomic E-state index is 0.654. The molecule has 3 heteroatoms. The van der Waals surface area contributed by atoms with E-state index in [4.69, 9.17) is 5.73 Å². The standard InChI is InChI=1S/C14H29N3/c1-16-8-5-9-17(11-10-16)14(12-15)13-6-3-2-4-7-13/h13-14H,2-12,15H2,1H3. The predicted molar refractivity (Wildman–Crippen MR) is 73.1 cm³/mol. The van der Waals surface area contributed by atoms with Gasteiger partial charge in [0, 0.05) is 25.7 Å². The second-order valence-corrected chi connectivity index (χ2v) is 5.89. The molecule has 1 unspecified atom stereocenters. The highest BCUT2D eigenvalue weighted by Crippen LogP contribution is 2.29. The lowest BCUT2D eigenvalue weighted by molar-refractivity contribution is 0.126. The van der Waals surface area contributed by atoms with E-state index in [1.807, 2.05) is 0 Å². The molecule has 100 valence electrons. The van der Waals surface area contributed by atoms with E-state index in [1.54, 1.807) is 0 Å². The third kappa shape index (κ3) is 3.67. The van der Waals surface area contributed by atoms with E-state index < -0.39 is 0 Å². The molecule has 0 aromatic carbocycles. The molecule has 1 heterocycles. The summed E-state index contributed by atoms with van der Waals surface area (Å²) in [6.07, 6.45) is 8.42. The Balaban J connectivity index is 1.91. The number of nitrogens with two attached hydrogens (primary N) is 1. The van der Waals surface area contributed by atoms with Gasteiger partial charge in [0.1, 0.15) is 0 Å². The topological polar surface area (TPSA) is 32.5 Å². The van der Waals surface area contributed by atoms with E-state index in [2.05, 4.69) is 16.8 Å². The molecule has 3 nitrogen and oxygen atoms in total. The fourth-order valence-corrected chi connectivity index (χ4v) is 3.56. The molecule has 0 bridgehead atoms. The van der Waals surface area contributed by atoms with Crippen LogP contribution in [0.25, 0.3) is 0 Å². The van der Waals surface area contributed by atoms with Gasteiger partial charge in [0.25, 0.3) is 0 Å². The summed E-state index contributed by atoms with van der Waals surface area (Å²) in [6, 6.07) is 0.654. The lowest BCUT2D eigenvalue weighted by Gasteiger charge is -2.37. The SMILES string of the molecule is CN1CCCN(C(CN)C2CCCCC2)CC1. The van der Waals surface area contributed by atoms with Crippen LogP contribution >= 0.6 is 0 Å². The van der Waals surface area contributed by atoms with Crippen LogP contribution in [0.1, 0.15) is 38.5 Å². The Bertz CT molecular complexity index is 214. The van der Waals surface area contributed by atoms with Gasteiger partial charge in [-0.2, -0.15) is 0 Å². The molecule has 0 amide bonds. The molecule has 0 spiro atoms. The van der Waals surface area contributed by atoms with E-state index in [-0.39, 0.29) is 0 Å². The summed E-state index contributed by atoms with van der Waals surface area (Å²) >= 11 is 0. The molecule has 1 saturated carbocycles. The third-order valence-electron chi connectivity index (χ3n) is 4.66. The monoisotopic (exact) mass is 239 g/mol. The summed E-state index contributed by atoms with van der Waals surface area (Å²) in [5.74, 6) is 0.872. The number of hydrogen-bond donors (Lipinski definition) is 1. The summed E-state index contributed by atoms with van der Waals surface area (Å²) in [6.45, 7) is 5.79. The average Bonchev–Trinajstić information content (AvgIpc) is 2.57. The van der Waals surface area contributed by atoms with Crippen molar-refractivity contribution in [2.75, 3.05) is 39.8 Å². The zero-order valence-electron chi connectivity index (χ0n) is 11.4. The van der Waals surface area contributed by atoms with Gasteiger partial charge in [-0.15, -0.1) is 0 Å². The predicted octanol–water partition coefficient (Wildman–Crippen LogP) is 1.53. The van der Waals surface area contributed by atoms with Gasteiger partial charge in [-0.1, -0.05) is 19.3 Å². The highest BCUT2D eigenvalue weighted by molar-refractivity contribution is 4.84. The Kier molecular flexibility index (Phi) is 5.26. The molecule has 0 aromatic rings. The molecular weight excluding hydrogens is 210 g/mol. The van der Waals surface area contributed by atoms with E-state index in [0.29, 0.717) is 6.04 Å². The maximum atomic E-state index is 6.06. The largest absolute Gasteiger partial charge is 0.329 e. The highest BCUT2D eigenvalue weighted by Gasteiger charge is 2.28. The summed E-state index contributed by atoms with van der Waals surface area (Å²) in [4.78, 5) is 5.13. The van der Waals surface area contributed by atoms with Crippen molar-refractivity contribution >= 4 is 0 Å². The molecule has 17 heavy (non-hydrogen) atoms. The lowest BCUT2D eigenvalue weighted by Crippen LogP contribution is -2.47. The number of hydrogen-bond acceptors (Lipinski definition) is 3. The molecule has 2 rings (SSSR count). The zero-order valence-corrected chi connectivity index (χ0v) is 11.4. The van der Waals surface area contributed by atoms with Crippen LogP contribution in [0.4, 0.5) is 0 Å². The second-order valence-electron chi connectivity index (χ2n) is 5.89. The molecule has 1 saturated heterocycles. The Morgan fingerprint density at radius 1 is 1.00 bits per heavy atom. The van der Waals surface area contributed by atoms with Crippen LogP contribution in [-0.2, 0) is 0 Å². The summed E-state index contributed by atoms with van der Waals surface area (Å²) in [7, 11) is 2.24. The minimum Gasteiger partial charge on any atom is -0.329 e. The van der Waals surface area contributed by atoms with Crippen molar-refractivity contribution in [1.29, 1.82) is 0 Å². The molecule has 1 atom stereocenters. The van der Waals surface area contributed by atoms with E-state index in [9.17, 15) is 0 Å². The van der Waals surface area contributed by atoms with Crippen LogP contribution < -0.4 is 5.73 Å². The first-order chi connectivity index (χ1) is 8.31. The van der Waals surface area contributed by atoms with Gasteiger partial charge in [0.2, 0.25) is 0 Å². The van der Waals surface area contributed by atoms with Gasteiger partial charge in [0.05, 0.1) is 0 Å². The molecule has 1 aliphatic heterocycles. The number of nitrogens with zero attached hydrogens (tertiary/aromatic N) is 2. The first-order valence-electron chi connectivity index (χ1n) is 7.44. The Morgan fingerprint density at radius 2 is 1.76 bits per heavy atom. The van der Waals surface area contributed by atoms with Crippen molar-refractivity contribution in [2.24, 2.45) is 11.7 Å². The highest BCUT2D eigenvalue weighted by atomic mass is 15.2. The molecule has 2 aliphatic rings. The smallest absolute Gasteiger partial charge is 0.0247 e. The normalized spacial score (nSPS) is 27.9. The van der Waals surface area contributed by atoms with Gasteiger partial charge >= 0.3 is 0 Å². The lowest BCUT2D eigenvalue weighted by atomic mass is 9.83. The maximum absolute atomic E-state index is 6.06. The third-order valence-corrected chi connectivity index (χ3v) is 4.66. The summed E-state index contributed by atoms with van der Waals surface area (Å²) in [5, 5.41) is 0. The van der Waals surface area contributed by atoms with Crippen molar-refractivity contribution in [3.8, 4) is 0 Å². The number of likely N-dealkylation sites (N-methyl/N-ethyl adjacent to an activating group) is 1. The van der Waals surface area contributed by atoms with Crippen LogP contribution in [0.2, 0.25) is 0 Å². The minimum atomic E-state index is 0.654. The summed E-state index contributed by atoms with van der Waals surface area (Å²) in [5.41, 5.74) is 6.06. The van der Waals surface area contributed by atoms with Crippen LogP contribution in [0.3, 0.4) is 0 Å². The summed E-state index contributed by atoms with van der Waals surface area (Å²) < 4.78 is 0. The van der Waals surface area contributed by atoms with Crippen LogP contribution in [-0.4, -0.2) is 55.6 Å². The van der Waals surface area contributed by atoms with E-state index >= 15 is 0 Å². The number of rotatable bonds is 3. The molecule has 0 aromatic heterocycles. The molecule has 1 aliphatic carbocycles. The maximum Gasteiger partial charge on any atom is 0.0247 e. The molecule has 2 fully saturated rings. The van der Waals surface area contributed by atoms with Crippen molar-refractivity contribution in [3.05, 3.63) is 0 Å².